The molecule has 0 saturated carbocycles. The average Bonchev–Trinajstić information content (AvgIpc) is 3.83. The Balaban J connectivity index is 1.07. The second kappa shape index (κ2) is 15.5. The third kappa shape index (κ3) is 7.14. The van der Waals surface area contributed by atoms with Gasteiger partial charge in [0.05, 0.1) is 37.3 Å². The second-order valence-electron chi connectivity index (χ2n) is 10.8. The van der Waals surface area contributed by atoms with Gasteiger partial charge in [0.15, 0.2) is 48.3 Å². The maximum atomic E-state index is 15.3. The van der Waals surface area contributed by atoms with Crippen LogP contribution in [0.2, 0.25) is 0 Å². The predicted molar refractivity (Wildman–Crippen MR) is 171 cm³/mol. The van der Waals surface area contributed by atoms with Gasteiger partial charge in [-0.3, -0.25) is 9.13 Å². The van der Waals surface area contributed by atoms with Gasteiger partial charge >= 0.3 is 14.5 Å². The van der Waals surface area contributed by atoms with Gasteiger partial charge in [-0.05, 0) is 34.8 Å². The highest BCUT2D eigenvalue weighted by Gasteiger charge is 2.52. The molecule has 4 aromatic rings. The van der Waals surface area contributed by atoms with Gasteiger partial charge in [-0.25, -0.2) is 38.7 Å². The van der Waals surface area contributed by atoms with E-state index in [2.05, 4.69) is 54.4 Å². The monoisotopic (exact) mass is 746 g/mol. The minimum Gasteiger partial charge on any atom is -0.394 e. The van der Waals surface area contributed by atoms with Crippen molar-refractivity contribution in [3.8, 4) is 0 Å². The Morgan fingerprint density at radius 3 is 1.54 bits per heavy atom. The maximum absolute atomic E-state index is 15.3. The zero-order valence-corrected chi connectivity index (χ0v) is 28.4. The summed E-state index contributed by atoms with van der Waals surface area (Å²) in [4.78, 5) is 26.0. The van der Waals surface area contributed by atoms with Crippen molar-refractivity contribution in [3.63, 3.8) is 0 Å². The summed E-state index contributed by atoms with van der Waals surface area (Å²) in [5.41, 5.74) is 2.89. The molecular formula is C26H30F2N8O8P2S2+2. The van der Waals surface area contributed by atoms with Crippen molar-refractivity contribution in [2.24, 2.45) is 0 Å². The SMILES string of the molecule is O=[P+](S)O[C@H]1[C@@H](F)[C@H](n2cnc3c(CC/C=C/CCc4ncnc5c4ncn5C4OC(CO)[C@@H](O[P+](=O)S)[C@H]4F)ncnc32)O[C@@H]1CO. The van der Waals surface area contributed by atoms with E-state index in [4.69, 9.17) is 18.5 Å². The van der Waals surface area contributed by atoms with Gasteiger partial charge in [-0.2, -0.15) is 0 Å². The lowest BCUT2D eigenvalue weighted by Crippen LogP contribution is -2.31. The van der Waals surface area contributed by atoms with Gasteiger partial charge in [-0.15, -0.1) is 9.05 Å². The summed E-state index contributed by atoms with van der Waals surface area (Å²) in [5, 5.41) is 19.2. The van der Waals surface area contributed by atoms with Gasteiger partial charge in [0.25, 0.3) is 0 Å². The van der Waals surface area contributed by atoms with Crippen molar-refractivity contribution in [2.45, 2.75) is 74.9 Å². The molecule has 0 aromatic carbocycles. The van der Waals surface area contributed by atoms with E-state index in [9.17, 15) is 19.3 Å². The number of halogens is 2. The number of imidazole rings is 2. The molecule has 256 valence electrons. The first-order valence-electron chi connectivity index (χ1n) is 14.7. The molecule has 2 aliphatic rings. The summed E-state index contributed by atoms with van der Waals surface area (Å²) in [7, 11) is -4.84. The number of alkyl halides is 2. The van der Waals surface area contributed by atoms with Crippen LogP contribution in [-0.4, -0.2) is 99.2 Å². The molecule has 0 bridgehead atoms. The Bertz CT molecular complexity index is 1700. The molecule has 48 heavy (non-hydrogen) atoms. The van der Waals surface area contributed by atoms with Crippen LogP contribution < -0.4 is 0 Å². The number of aliphatic hydroxyl groups is 2. The Morgan fingerprint density at radius 1 is 0.750 bits per heavy atom. The van der Waals surface area contributed by atoms with Gasteiger partial charge in [0, 0.05) is 0 Å². The van der Waals surface area contributed by atoms with E-state index >= 15 is 8.78 Å². The molecule has 0 amide bonds. The largest absolute Gasteiger partial charge is 0.582 e. The summed E-state index contributed by atoms with van der Waals surface area (Å²) in [6.07, 6.45) is 1.10. The van der Waals surface area contributed by atoms with Crippen LogP contribution in [0.15, 0.2) is 37.5 Å². The van der Waals surface area contributed by atoms with E-state index in [1.165, 1.54) is 34.4 Å². The number of rotatable bonds is 14. The molecule has 0 aliphatic carbocycles. The molecule has 10 atom stereocenters. The van der Waals surface area contributed by atoms with Crippen molar-refractivity contribution in [1.29, 1.82) is 0 Å². The number of aryl methyl sites for hydroxylation is 2. The Labute approximate surface area is 283 Å². The van der Waals surface area contributed by atoms with Crippen LogP contribution in [-0.2, 0) is 40.5 Å². The third-order valence-corrected chi connectivity index (χ3v) is 9.41. The summed E-state index contributed by atoms with van der Waals surface area (Å²) in [6.45, 7) is -1.08. The van der Waals surface area contributed by atoms with E-state index in [1.807, 2.05) is 12.2 Å². The maximum Gasteiger partial charge on any atom is 0.582 e. The molecule has 6 heterocycles. The van der Waals surface area contributed by atoms with Gasteiger partial charge < -0.3 is 19.7 Å². The number of ether oxygens (including phenoxy) is 2. The molecule has 0 spiro atoms. The lowest BCUT2D eigenvalue weighted by Gasteiger charge is -2.15. The first-order valence-corrected chi connectivity index (χ1v) is 19.3. The fourth-order valence-corrected chi connectivity index (χ4v) is 7.38. The van der Waals surface area contributed by atoms with Crippen LogP contribution in [0.4, 0.5) is 8.78 Å². The van der Waals surface area contributed by atoms with Crippen LogP contribution in [0.5, 0.6) is 0 Å². The van der Waals surface area contributed by atoms with Crippen molar-refractivity contribution in [3.05, 3.63) is 48.8 Å². The number of hydrogen-bond acceptors (Lipinski definition) is 14. The van der Waals surface area contributed by atoms with Crippen molar-refractivity contribution < 1.29 is 46.6 Å². The molecule has 4 unspecified atom stereocenters. The molecule has 2 saturated heterocycles. The standard InChI is InChI=1S/C26H28F2N8O8P2S2/c27-17-21(43-45(39)47)15(7-37)41-25(17)35-11-33-19-13(29-9-31-23(19)35)5-3-1-2-4-6-14-20-24(32-10-30-14)36(12-34-20)26-18(28)22(44-46(40)48)16(8-38)42-26/h1-2,9-12,15-18,21-22,25-26,37-38H,3-8H2/p+2/b2-1+/t15-,16?,17-,18-,21-,22-,25-,26?/m1/s1. The zero-order chi connectivity index (χ0) is 33.9. The van der Waals surface area contributed by atoms with Crippen molar-refractivity contribution >= 4 is 61.3 Å². The summed E-state index contributed by atoms with van der Waals surface area (Å²) < 4.78 is 77.6. The highest BCUT2D eigenvalue weighted by molar-refractivity contribution is 8.39. The highest BCUT2D eigenvalue weighted by atomic mass is 32.7. The van der Waals surface area contributed by atoms with Crippen LogP contribution in [0.25, 0.3) is 22.3 Å². The number of allylic oxidation sites excluding steroid dienone is 2. The van der Waals surface area contributed by atoms with Gasteiger partial charge in [0.1, 0.15) is 60.4 Å². The summed E-state index contributed by atoms with van der Waals surface area (Å²) in [5.74, 6) is 0. The lowest BCUT2D eigenvalue weighted by atomic mass is 10.1. The number of aliphatic hydroxyl groups excluding tert-OH is 2. The van der Waals surface area contributed by atoms with E-state index < -0.39 is 76.9 Å². The lowest BCUT2D eigenvalue weighted by molar-refractivity contribution is -0.0427. The van der Waals surface area contributed by atoms with Crippen LogP contribution >= 0.6 is 39.0 Å². The fraction of sp³-hybridized carbons (Fsp3) is 0.538. The quantitative estimate of drug-likeness (QED) is 0.0831. The first kappa shape index (κ1) is 35.2. The molecule has 0 radical (unpaired) electrons. The van der Waals surface area contributed by atoms with E-state index in [-0.39, 0.29) is 0 Å². The third-order valence-electron chi connectivity index (χ3n) is 8.00. The number of hydrogen-bond donors (Lipinski definition) is 4. The van der Waals surface area contributed by atoms with Crippen molar-refractivity contribution in [2.75, 3.05) is 13.2 Å². The van der Waals surface area contributed by atoms with Crippen LogP contribution in [0.3, 0.4) is 0 Å². The average molecular weight is 747 g/mol. The molecule has 2 fully saturated rings. The zero-order valence-electron chi connectivity index (χ0n) is 24.8. The van der Waals surface area contributed by atoms with E-state index in [0.717, 1.165) is 0 Å². The minimum absolute atomic E-state index is 0.339. The van der Waals surface area contributed by atoms with Crippen LogP contribution in [0.1, 0.15) is 36.7 Å². The van der Waals surface area contributed by atoms with E-state index in [0.29, 0.717) is 59.4 Å². The smallest absolute Gasteiger partial charge is 0.394 e. The Hall–Kier alpha value is -2.64. The normalized spacial score (nSPS) is 28.3. The molecule has 2 aliphatic heterocycles. The topological polar surface area (TPSA) is 199 Å². The number of aromatic nitrogens is 8. The molecule has 16 nitrogen and oxygen atoms in total. The molecule has 2 N–H and O–H groups in total. The number of thiol groups is 2. The van der Waals surface area contributed by atoms with E-state index in [1.54, 1.807) is 0 Å². The molecule has 4 aromatic heterocycles. The molecule has 22 heteroatoms. The summed E-state index contributed by atoms with van der Waals surface area (Å²) in [6, 6.07) is 0. The van der Waals surface area contributed by atoms with Crippen LogP contribution in [0, 0.1) is 0 Å². The second-order valence-corrected chi connectivity index (χ2v) is 14.2. The minimum atomic E-state index is -2.42. The fourth-order valence-electron chi connectivity index (χ4n) is 5.80. The number of fused-ring (bicyclic) bond motifs is 2. The molecular weight excluding hydrogens is 716 g/mol. The summed E-state index contributed by atoms with van der Waals surface area (Å²) >= 11 is 7.37. The predicted octanol–water partition coefficient (Wildman–Crippen LogP) is 3.49. The Kier molecular flexibility index (Phi) is 11.4. The van der Waals surface area contributed by atoms with Gasteiger partial charge in [-0.1, -0.05) is 12.2 Å². The first-order chi connectivity index (χ1) is 23.2. The Morgan fingerprint density at radius 2 is 1.17 bits per heavy atom. The van der Waals surface area contributed by atoms with Crippen molar-refractivity contribution in [1.82, 2.24) is 39.0 Å². The number of nitrogens with zero attached hydrogens (tertiary/aromatic N) is 8. The highest BCUT2D eigenvalue weighted by Crippen LogP contribution is 2.42. The molecule has 6 rings (SSSR count). The van der Waals surface area contributed by atoms with Gasteiger partial charge in [0.2, 0.25) is 0 Å².